The molecule has 0 aromatic carbocycles. The zero-order chi connectivity index (χ0) is 15.5. The normalized spacial score (nSPS) is 29.6. The van der Waals surface area contributed by atoms with Crippen LogP contribution in [0.5, 0.6) is 0 Å². The Hall–Kier alpha value is -0.610. The lowest BCUT2D eigenvalue weighted by atomic mass is 9.84. The van der Waals surface area contributed by atoms with E-state index >= 15 is 0 Å². The number of rotatable bonds is 7. The Morgan fingerprint density at radius 2 is 1.86 bits per heavy atom. The summed E-state index contributed by atoms with van der Waals surface area (Å²) >= 11 is 0. The van der Waals surface area contributed by atoms with Gasteiger partial charge in [-0.3, -0.25) is 4.79 Å². The number of piperidine rings is 1. The van der Waals surface area contributed by atoms with Gasteiger partial charge in [-0.25, -0.2) is 0 Å². The highest BCUT2D eigenvalue weighted by molar-refractivity contribution is 5.75. The summed E-state index contributed by atoms with van der Waals surface area (Å²) in [5.74, 6) is 0.895. The second-order valence-corrected chi connectivity index (χ2v) is 7.89. The first-order chi connectivity index (χ1) is 9.91. The van der Waals surface area contributed by atoms with Gasteiger partial charge in [0.2, 0.25) is 5.91 Å². The fourth-order valence-corrected chi connectivity index (χ4v) is 4.01. The fourth-order valence-electron chi connectivity index (χ4n) is 4.01. The molecule has 0 radical (unpaired) electrons. The molecular weight excluding hydrogens is 262 g/mol. The zero-order valence-electron chi connectivity index (χ0n) is 14.0. The molecule has 0 aromatic heterocycles. The predicted octanol–water partition coefficient (Wildman–Crippen LogP) is 2.13. The molecule has 3 N–H and O–H groups in total. The van der Waals surface area contributed by atoms with E-state index in [0.29, 0.717) is 18.9 Å². The van der Waals surface area contributed by atoms with Gasteiger partial charge in [-0.15, -0.1) is 0 Å². The van der Waals surface area contributed by atoms with E-state index in [2.05, 4.69) is 31.1 Å². The molecule has 1 amide bonds. The minimum Gasteiger partial charge on any atom is -0.356 e. The van der Waals surface area contributed by atoms with Crippen LogP contribution < -0.4 is 11.1 Å². The molecule has 2 saturated heterocycles. The lowest BCUT2D eigenvalue weighted by molar-refractivity contribution is -0.122. The lowest BCUT2D eigenvalue weighted by Crippen LogP contribution is -2.43. The summed E-state index contributed by atoms with van der Waals surface area (Å²) in [5, 5.41) is 3.16. The summed E-state index contributed by atoms with van der Waals surface area (Å²) in [6.45, 7) is 5.97. The van der Waals surface area contributed by atoms with Gasteiger partial charge in [-0.1, -0.05) is 13.8 Å². The van der Waals surface area contributed by atoms with Gasteiger partial charge in [0.15, 0.2) is 0 Å². The van der Waals surface area contributed by atoms with Crippen LogP contribution >= 0.6 is 0 Å². The van der Waals surface area contributed by atoms with E-state index in [1.165, 1.54) is 25.7 Å². The van der Waals surface area contributed by atoms with E-state index < -0.39 is 0 Å². The molecule has 2 unspecified atom stereocenters. The minimum absolute atomic E-state index is 0.179. The van der Waals surface area contributed by atoms with E-state index in [-0.39, 0.29) is 11.3 Å². The van der Waals surface area contributed by atoms with Crippen molar-refractivity contribution in [1.29, 1.82) is 0 Å². The summed E-state index contributed by atoms with van der Waals surface area (Å²) < 4.78 is 0. The standard InChI is InChI=1S/C17H33N3O/c1-17(2,8-9-18)7-6-16(21)19-12-13-10-14-4-5-15(11-13)20(14)3/h13-15H,4-12,18H2,1-3H3,(H,19,21). The van der Waals surface area contributed by atoms with Crippen LogP contribution in [0.4, 0.5) is 0 Å². The molecule has 122 valence electrons. The molecule has 2 aliphatic heterocycles. The van der Waals surface area contributed by atoms with Gasteiger partial charge in [-0.2, -0.15) is 0 Å². The van der Waals surface area contributed by atoms with Crippen molar-refractivity contribution in [2.45, 2.75) is 70.9 Å². The summed E-state index contributed by atoms with van der Waals surface area (Å²) in [4.78, 5) is 14.6. The van der Waals surface area contributed by atoms with Crippen LogP contribution in [0.2, 0.25) is 0 Å². The third-order valence-corrected chi connectivity index (χ3v) is 5.63. The van der Waals surface area contributed by atoms with Crippen molar-refractivity contribution in [3.8, 4) is 0 Å². The van der Waals surface area contributed by atoms with Gasteiger partial charge in [0.25, 0.3) is 0 Å². The lowest BCUT2D eigenvalue weighted by Gasteiger charge is -2.36. The van der Waals surface area contributed by atoms with Gasteiger partial charge in [0, 0.05) is 25.0 Å². The maximum atomic E-state index is 12.0. The molecule has 2 atom stereocenters. The Balaban J connectivity index is 1.66. The topological polar surface area (TPSA) is 58.4 Å². The first-order valence-corrected chi connectivity index (χ1v) is 8.60. The summed E-state index contributed by atoms with van der Waals surface area (Å²) in [6.07, 6.45) is 7.75. The maximum absolute atomic E-state index is 12.0. The Morgan fingerprint density at radius 3 is 2.43 bits per heavy atom. The molecule has 2 bridgehead atoms. The van der Waals surface area contributed by atoms with Crippen molar-refractivity contribution in [1.82, 2.24) is 10.2 Å². The van der Waals surface area contributed by atoms with Gasteiger partial charge < -0.3 is 16.0 Å². The second-order valence-electron chi connectivity index (χ2n) is 7.89. The van der Waals surface area contributed by atoms with Crippen molar-refractivity contribution in [2.24, 2.45) is 17.1 Å². The molecule has 21 heavy (non-hydrogen) atoms. The first kappa shape index (κ1) is 16.8. The molecule has 2 aliphatic rings. The van der Waals surface area contributed by atoms with Gasteiger partial charge in [0.05, 0.1) is 0 Å². The molecule has 0 aromatic rings. The quantitative estimate of drug-likeness (QED) is 0.756. The SMILES string of the molecule is CN1C2CCC1CC(CNC(=O)CCC(C)(C)CCN)C2. The summed E-state index contributed by atoms with van der Waals surface area (Å²) in [7, 11) is 2.26. The first-order valence-electron chi connectivity index (χ1n) is 8.60. The number of nitrogens with zero attached hydrogens (tertiary/aromatic N) is 1. The van der Waals surface area contributed by atoms with Crippen LogP contribution in [-0.2, 0) is 4.79 Å². The number of carbonyl (C=O) groups is 1. The van der Waals surface area contributed by atoms with Crippen molar-refractivity contribution < 1.29 is 4.79 Å². The number of carbonyl (C=O) groups excluding carboxylic acids is 1. The second kappa shape index (κ2) is 7.10. The van der Waals surface area contributed by atoms with Crippen LogP contribution in [0.15, 0.2) is 0 Å². The Bertz CT molecular complexity index is 342. The molecule has 0 spiro atoms. The average molecular weight is 295 g/mol. The molecule has 4 heteroatoms. The van der Waals surface area contributed by atoms with Gasteiger partial charge in [0.1, 0.15) is 0 Å². The van der Waals surface area contributed by atoms with Gasteiger partial charge >= 0.3 is 0 Å². The van der Waals surface area contributed by atoms with Crippen molar-refractivity contribution in [3.63, 3.8) is 0 Å². The highest BCUT2D eigenvalue weighted by Gasteiger charge is 2.38. The largest absolute Gasteiger partial charge is 0.356 e. The third-order valence-electron chi connectivity index (χ3n) is 5.63. The smallest absolute Gasteiger partial charge is 0.220 e. The monoisotopic (exact) mass is 295 g/mol. The molecule has 0 saturated carbocycles. The van der Waals surface area contributed by atoms with Crippen LogP contribution in [0, 0.1) is 11.3 Å². The van der Waals surface area contributed by atoms with Crippen LogP contribution in [0.1, 0.15) is 58.8 Å². The van der Waals surface area contributed by atoms with Crippen LogP contribution in [0.3, 0.4) is 0 Å². The predicted molar refractivity (Wildman–Crippen MR) is 87.0 cm³/mol. The van der Waals surface area contributed by atoms with E-state index in [1.807, 2.05) is 0 Å². The van der Waals surface area contributed by atoms with E-state index in [9.17, 15) is 4.79 Å². The van der Waals surface area contributed by atoms with Crippen molar-refractivity contribution in [2.75, 3.05) is 20.1 Å². The van der Waals surface area contributed by atoms with Crippen LogP contribution in [0.25, 0.3) is 0 Å². The van der Waals surface area contributed by atoms with Crippen molar-refractivity contribution >= 4 is 5.91 Å². The zero-order valence-corrected chi connectivity index (χ0v) is 14.0. The Morgan fingerprint density at radius 1 is 1.24 bits per heavy atom. The third kappa shape index (κ3) is 4.68. The molecule has 2 heterocycles. The number of amides is 1. The summed E-state index contributed by atoms with van der Waals surface area (Å²) in [6, 6.07) is 1.52. The number of fused-ring (bicyclic) bond motifs is 2. The number of hydrogen-bond acceptors (Lipinski definition) is 3. The fraction of sp³-hybridized carbons (Fsp3) is 0.941. The molecule has 2 rings (SSSR count). The molecular formula is C17H33N3O. The maximum Gasteiger partial charge on any atom is 0.220 e. The number of nitrogens with one attached hydrogen (secondary N) is 1. The molecule has 2 fully saturated rings. The number of hydrogen-bond donors (Lipinski definition) is 2. The van der Waals surface area contributed by atoms with Crippen molar-refractivity contribution in [3.05, 3.63) is 0 Å². The Kier molecular flexibility index (Phi) is 5.67. The van der Waals surface area contributed by atoms with E-state index in [1.54, 1.807) is 0 Å². The molecule has 0 aliphatic carbocycles. The van der Waals surface area contributed by atoms with Gasteiger partial charge in [-0.05, 0) is 63.5 Å². The number of nitrogens with two attached hydrogens (primary N) is 1. The van der Waals surface area contributed by atoms with E-state index in [0.717, 1.165) is 31.5 Å². The highest BCUT2D eigenvalue weighted by atomic mass is 16.1. The average Bonchev–Trinajstić information content (AvgIpc) is 2.65. The summed E-state index contributed by atoms with van der Waals surface area (Å²) in [5.41, 5.74) is 5.80. The Labute approximate surface area is 129 Å². The minimum atomic E-state index is 0.179. The molecule has 4 nitrogen and oxygen atoms in total. The highest BCUT2D eigenvalue weighted by Crippen LogP contribution is 2.37. The van der Waals surface area contributed by atoms with E-state index in [4.69, 9.17) is 5.73 Å². The van der Waals surface area contributed by atoms with Crippen LogP contribution in [-0.4, -0.2) is 43.0 Å².